The lowest BCUT2D eigenvalue weighted by atomic mass is 10.1. The smallest absolute Gasteiger partial charge is 0.338 e. The number of sulfonamides is 1. The lowest BCUT2D eigenvalue weighted by Crippen LogP contribution is -2.31. The van der Waals surface area contributed by atoms with Crippen molar-refractivity contribution < 1.29 is 22.7 Å². The molecule has 0 radical (unpaired) electrons. The lowest BCUT2D eigenvalue weighted by Gasteiger charge is -2.23. The third-order valence-electron chi connectivity index (χ3n) is 4.93. The molecule has 0 unspecified atom stereocenters. The van der Waals surface area contributed by atoms with E-state index in [-0.39, 0.29) is 17.0 Å². The summed E-state index contributed by atoms with van der Waals surface area (Å²) >= 11 is 5.89. The van der Waals surface area contributed by atoms with Gasteiger partial charge in [0, 0.05) is 11.6 Å². The summed E-state index contributed by atoms with van der Waals surface area (Å²) in [5.41, 5.74) is 2.32. The molecular weight excluding hydrogens is 450 g/mol. The van der Waals surface area contributed by atoms with E-state index in [1.165, 1.54) is 23.5 Å². The van der Waals surface area contributed by atoms with E-state index in [0.29, 0.717) is 28.6 Å². The molecule has 168 valence electrons. The lowest BCUT2D eigenvalue weighted by molar-refractivity contribution is 0.0599. The molecule has 0 heterocycles. The van der Waals surface area contributed by atoms with E-state index in [4.69, 9.17) is 21.1 Å². The van der Waals surface area contributed by atoms with Crippen LogP contribution in [0, 0.1) is 6.92 Å². The second-order valence-electron chi connectivity index (χ2n) is 7.05. The van der Waals surface area contributed by atoms with Gasteiger partial charge in [-0.05, 0) is 73.5 Å². The first-order valence-corrected chi connectivity index (χ1v) is 11.8. The molecule has 0 atom stereocenters. The molecular formula is C24H24ClNO5S. The monoisotopic (exact) mass is 473 g/mol. The molecule has 0 amide bonds. The minimum atomic E-state index is -3.89. The van der Waals surface area contributed by atoms with Crippen LogP contribution in [-0.2, 0) is 21.4 Å². The minimum absolute atomic E-state index is 0.0217. The first kappa shape index (κ1) is 23.6. The maximum atomic E-state index is 13.3. The van der Waals surface area contributed by atoms with Crippen molar-refractivity contribution in [3.05, 3.63) is 88.4 Å². The fourth-order valence-electron chi connectivity index (χ4n) is 3.17. The Kier molecular flexibility index (Phi) is 7.43. The van der Waals surface area contributed by atoms with Gasteiger partial charge in [0.2, 0.25) is 0 Å². The number of aryl methyl sites for hydroxylation is 1. The Hall–Kier alpha value is -3.03. The van der Waals surface area contributed by atoms with Gasteiger partial charge in [0.05, 0.1) is 23.3 Å². The third-order valence-corrected chi connectivity index (χ3v) is 7.08. The quantitative estimate of drug-likeness (QED) is 0.419. The Morgan fingerprint density at radius 2 is 1.66 bits per heavy atom. The van der Waals surface area contributed by atoms with Gasteiger partial charge in [0.15, 0.2) is 0 Å². The van der Waals surface area contributed by atoms with E-state index in [2.05, 4.69) is 0 Å². The zero-order chi connectivity index (χ0) is 23.3. The van der Waals surface area contributed by atoms with Gasteiger partial charge in [0.25, 0.3) is 10.0 Å². The number of ether oxygens (including phenoxy) is 2. The van der Waals surface area contributed by atoms with Crippen LogP contribution in [0.1, 0.15) is 28.4 Å². The van der Waals surface area contributed by atoms with Gasteiger partial charge in [-0.1, -0.05) is 29.8 Å². The number of nitrogens with zero attached hydrogens (tertiary/aromatic N) is 1. The highest BCUT2D eigenvalue weighted by Gasteiger charge is 2.25. The van der Waals surface area contributed by atoms with Gasteiger partial charge in [-0.15, -0.1) is 0 Å². The zero-order valence-corrected chi connectivity index (χ0v) is 19.6. The predicted octanol–water partition coefficient (Wildman–Crippen LogP) is 5.23. The van der Waals surface area contributed by atoms with E-state index in [0.717, 1.165) is 5.56 Å². The van der Waals surface area contributed by atoms with E-state index in [1.807, 2.05) is 12.1 Å². The van der Waals surface area contributed by atoms with Crippen molar-refractivity contribution in [1.29, 1.82) is 0 Å². The number of methoxy groups -OCH3 is 1. The van der Waals surface area contributed by atoms with Crippen molar-refractivity contribution in [2.24, 2.45) is 0 Å². The number of esters is 1. The Morgan fingerprint density at radius 3 is 2.25 bits per heavy atom. The number of benzene rings is 3. The summed E-state index contributed by atoms with van der Waals surface area (Å²) in [5, 5.41) is 0.659. The van der Waals surface area contributed by atoms with Gasteiger partial charge in [-0.2, -0.15) is 0 Å². The predicted molar refractivity (Wildman–Crippen MR) is 125 cm³/mol. The summed E-state index contributed by atoms with van der Waals surface area (Å²) in [6.07, 6.45) is 0. The van der Waals surface area contributed by atoms with E-state index >= 15 is 0 Å². The van der Waals surface area contributed by atoms with Crippen molar-refractivity contribution in [3.63, 3.8) is 0 Å². The van der Waals surface area contributed by atoms with Gasteiger partial charge in [-0.3, -0.25) is 4.31 Å². The largest absolute Gasteiger partial charge is 0.489 e. The molecule has 8 heteroatoms. The number of hydrogen-bond acceptors (Lipinski definition) is 5. The molecule has 0 aliphatic heterocycles. The minimum Gasteiger partial charge on any atom is -0.489 e. The SMILES string of the molecule is CCN(c1ccc(OCc2ccc(Cl)cc2)cc1)S(=O)(=O)c1ccc(C)c(C(=O)OC)c1. The summed E-state index contributed by atoms with van der Waals surface area (Å²) in [4.78, 5) is 12.0. The van der Waals surface area contributed by atoms with Crippen LogP contribution >= 0.6 is 11.6 Å². The Labute approximate surface area is 193 Å². The number of anilines is 1. The van der Waals surface area contributed by atoms with E-state index in [9.17, 15) is 13.2 Å². The highest BCUT2D eigenvalue weighted by Crippen LogP contribution is 2.27. The van der Waals surface area contributed by atoms with Gasteiger partial charge in [0.1, 0.15) is 12.4 Å². The van der Waals surface area contributed by atoms with Crippen LogP contribution in [0.3, 0.4) is 0 Å². The molecule has 0 aliphatic carbocycles. The molecule has 0 aliphatic rings. The highest BCUT2D eigenvalue weighted by atomic mass is 35.5. The number of rotatable bonds is 8. The molecule has 32 heavy (non-hydrogen) atoms. The van der Waals surface area contributed by atoms with Gasteiger partial charge in [-0.25, -0.2) is 13.2 Å². The van der Waals surface area contributed by atoms with Crippen LogP contribution in [0.4, 0.5) is 5.69 Å². The van der Waals surface area contributed by atoms with Crippen molar-refractivity contribution >= 4 is 33.3 Å². The summed E-state index contributed by atoms with van der Waals surface area (Å²) in [6.45, 7) is 4.06. The van der Waals surface area contributed by atoms with Crippen molar-refractivity contribution in [2.45, 2.75) is 25.3 Å². The molecule has 0 fully saturated rings. The van der Waals surface area contributed by atoms with E-state index in [1.54, 1.807) is 56.3 Å². The van der Waals surface area contributed by atoms with Gasteiger partial charge >= 0.3 is 5.97 Å². The number of carbonyl (C=O) groups excluding carboxylic acids is 1. The molecule has 3 aromatic carbocycles. The Bertz CT molecular complexity index is 1190. The number of carbonyl (C=O) groups is 1. The van der Waals surface area contributed by atoms with Crippen LogP contribution in [0.2, 0.25) is 5.02 Å². The van der Waals surface area contributed by atoms with Crippen molar-refractivity contribution in [2.75, 3.05) is 18.0 Å². The maximum absolute atomic E-state index is 13.3. The first-order chi connectivity index (χ1) is 15.3. The molecule has 0 saturated carbocycles. The average molecular weight is 474 g/mol. The number of hydrogen-bond donors (Lipinski definition) is 0. The fraction of sp³-hybridized carbons (Fsp3) is 0.208. The van der Waals surface area contributed by atoms with E-state index < -0.39 is 16.0 Å². The molecule has 3 rings (SSSR count). The Morgan fingerprint density at radius 1 is 1.00 bits per heavy atom. The topological polar surface area (TPSA) is 72.9 Å². The van der Waals surface area contributed by atoms with Crippen LogP contribution in [0.5, 0.6) is 5.75 Å². The zero-order valence-electron chi connectivity index (χ0n) is 18.0. The van der Waals surface area contributed by atoms with Crippen LogP contribution in [0.25, 0.3) is 0 Å². The summed E-state index contributed by atoms with van der Waals surface area (Å²) < 4.78 is 38.4. The van der Waals surface area contributed by atoms with Crippen molar-refractivity contribution in [3.8, 4) is 5.75 Å². The first-order valence-electron chi connectivity index (χ1n) is 9.95. The molecule has 6 nitrogen and oxygen atoms in total. The molecule has 0 bridgehead atoms. The highest BCUT2D eigenvalue weighted by molar-refractivity contribution is 7.92. The summed E-state index contributed by atoms with van der Waals surface area (Å²) in [5.74, 6) is 0.0326. The fourth-order valence-corrected chi connectivity index (χ4v) is 4.79. The Balaban J connectivity index is 1.81. The van der Waals surface area contributed by atoms with Gasteiger partial charge < -0.3 is 9.47 Å². The average Bonchev–Trinajstić information content (AvgIpc) is 2.79. The summed E-state index contributed by atoms with van der Waals surface area (Å²) in [7, 11) is -2.62. The maximum Gasteiger partial charge on any atom is 0.338 e. The van der Waals surface area contributed by atoms with Crippen LogP contribution < -0.4 is 9.04 Å². The van der Waals surface area contributed by atoms with Crippen molar-refractivity contribution in [1.82, 2.24) is 0 Å². The number of halogens is 1. The van der Waals surface area contributed by atoms with Crippen LogP contribution in [0.15, 0.2) is 71.6 Å². The normalized spacial score (nSPS) is 11.1. The molecule has 0 aromatic heterocycles. The standard InChI is InChI=1S/C24H24ClNO5S/c1-4-26(32(28,29)22-14-5-17(2)23(15-22)24(27)30-3)20-10-12-21(13-11-20)31-16-18-6-8-19(25)9-7-18/h5-15H,4,16H2,1-3H3. The molecule has 0 spiro atoms. The second-order valence-corrected chi connectivity index (χ2v) is 9.35. The molecule has 3 aromatic rings. The summed E-state index contributed by atoms with van der Waals surface area (Å²) in [6, 6.07) is 18.6. The van der Waals surface area contributed by atoms with Crippen LogP contribution in [-0.4, -0.2) is 28.0 Å². The molecule has 0 saturated heterocycles. The molecule has 0 N–H and O–H groups in total. The second kappa shape index (κ2) is 10.1. The third kappa shape index (κ3) is 5.23.